The fraction of sp³-hybridized carbons (Fsp3) is 0.400. The van der Waals surface area contributed by atoms with Crippen molar-refractivity contribution in [2.24, 2.45) is 0 Å². The summed E-state index contributed by atoms with van der Waals surface area (Å²) in [6.45, 7) is 5.57. The average Bonchev–Trinajstić information content (AvgIpc) is 3.15. The van der Waals surface area contributed by atoms with Gasteiger partial charge in [0.15, 0.2) is 9.84 Å². The van der Waals surface area contributed by atoms with Crippen LogP contribution < -0.4 is 10.9 Å². The molecular weight excluding hydrogens is 382 g/mol. The van der Waals surface area contributed by atoms with Crippen LogP contribution in [-0.4, -0.2) is 31.9 Å². The highest BCUT2D eigenvalue weighted by molar-refractivity contribution is 7.91. The second-order valence-electron chi connectivity index (χ2n) is 7.51. The number of furan rings is 1. The molecule has 0 saturated carbocycles. The molecular formula is C20H21NO6S. The van der Waals surface area contributed by atoms with Crippen LogP contribution in [0.3, 0.4) is 0 Å². The van der Waals surface area contributed by atoms with E-state index < -0.39 is 21.5 Å². The Morgan fingerprint density at radius 2 is 1.93 bits per heavy atom. The zero-order valence-corrected chi connectivity index (χ0v) is 16.7. The van der Waals surface area contributed by atoms with Gasteiger partial charge in [-0.1, -0.05) is 0 Å². The van der Waals surface area contributed by atoms with Crippen LogP contribution in [0.4, 0.5) is 0 Å². The van der Waals surface area contributed by atoms with Gasteiger partial charge in [0, 0.05) is 22.4 Å². The average molecular weight is 403 g/mol. The Balaban J connectivity index is 1.71. The number of sulfone groups is 1. The normalized spacial score (nSPS) is 18.8. The third kappa shape index (κ3) is 3.11. The molecule has 1 fully saturated rings. The quantitative estimate of drug-likeness (QED) is 0.673. The van der Waals surface area contributed by atoms with Crippen LogP contribution in [0.25, 0.3) is 21.9 Å². The van der Waals surface area contributed by atoms with Gasteiger partial charge in [0.1, 0.15) is 11.2 Å². The van der Waals surface area contributed by atoms with Gasteiger partial charge in [-0.3, -0.25) is 4.79 Å². The minimum Gasteiger partial charge on any atom is -0.464 e. The summed E-state index contributed by atoms with van der Waals surface area (Å²) < 4.78 is 34.2. The van der Waals surface area contributed by atoms with E-state index >= 15 is 0 Å². The summed E-state index contributed by atoms with van der Waals surface area (Å²) in [5.41, 5.74) is 3.26. The lowest BCUT2D eigenvalue weighted by Crippen LogP contribution is -2.37. The van der Waals surface area contributed by atoms with E-state index in [0.717, 1.165) is 21.9 Å². The molecule has 1 aliphatic heterocycles. The van der Waals surface area contributed by atoms with Gasteiger partial charge >= 0.3 is 5.63 Å². The van der Waals surface area contributed by atoms with Gasteiger partial charge in [0.2, 0.25) is 5.91 Å². The van der Waals surface area contributed by atoms with Gasteiger partial charge in [0.25, 0.3) is 0 Å². The number of nitrogens with one attached hydrogen (secondary N) is 1. The predicted octanol–water partition coefficient (Wildman–Crippen LogP) is 2.31. The molecule has 2 aromatic heterocycles. The van der Waals surface area contributed by atoms with Gasteiger partial charge in [-0.2, -0.15) is 0 Å². The summed E-state index contributed by atoms with van der Waals surface area (Å²) in [5.74, 6) is -0.357. The molecule has 28 heavy (non-hydrogen) atoms. The summed E-state index contributed by atoms with van der Waals surface area (Å²) in [5, 5.41) is 4.42. The molecule has 1 aliphatic rings. The molecule has 3 aromatic rings. The van der Waals surface area contributed by atoms with Crippen LogP contribution in [0.2, 0.25) is 0 Å². The minimum absolute atomic E-state index is 0.0546. The Kier molecular flexibility index (Phi) is 4.33. The Labute approximate surface area is 161 Å². The molecule has 1 amide bonds. The SMILES string of the molecule is Cc1coc2c(C)c3oc(=O)c(CC(=O)N[C@H]4CCS(=O)(=O)C4)c(C)c3cc12. The monoisotopic (exact) mass is 403 g/mol. The van der Waals surface area contributed by atoms with Gasteiger partial charge in [-0.25, -0.2) is 13.2 Å². The molecule has 4 rings (SSSR count). The van der Waals surface area contributed by atoms with Crippen LogP contribution in [0.1, 0.15) is 28.7 Å². The van der Waals surface area contributed by atoms with Crippen molar-refractivity contribution >= 4 is 37.7 Å². The molecule has 148 valence electrons. The van der Waals surface area contributed by atoms with Crippen molar-refractivity contribution in [2.45, 2.75) is 39.7 Å². The van der Waals surface area contributed by atoms with Crippen LogP contribution in [0.15, 0.2) is 26.0 Å². The van der Waals surface area contributed by atoms with E-state index in [1.807, 2.05) is 19.9 Å². The third-order valence-corrected chi connectivity index (χ3v) is 7.24. The van der Waals surface area contributed by atoms with Crippen LogP contribution in [0.5, 0.6) is 0 Å². The number of aryl methyl sites for hydroxylation is 3. The highest BCUT2D eigenvalue weighted by atomic mass is 32.2. The topological polar surface area (TPSA) is 107 Å². The van der Waals surface area contributed by atoms with Gasteiger partial charge in [0.05, 0.1) is 29.8 Å². The predicted molar refractivity (Wildman–Crippen MR) is 105 cm³/mol. The number of fused-ring (bicyclic) bond motifs is 2. The zero-order valence-electron chi connectivity index (χ0n) is 15.9. The van der Waals surface area contributed by atoms with Crippen molar-refractivity contribution in [2.75, 3.05) is 11.5 Å². The standard InChI is InChI=1S/C20H21NO6S/c1-10-8-26-18-12(3)19-15(6-14(10)18)11(2)16(20(23)27-19)7-17(22)21-13-4-5-28(24,25)9-13/h6,8,13H,4-5,7,9H2,1-3H3,(H,21,22)/t13-/m0/s1. The molecule has 0 unspecified atom stereocenters. The van der Waals surface area contributed by atoms with E-state index in [0.29, 0.717) is 23.2 Å². The Hall–Kier alpha value is -2.61. The van der Waals surface area contributed by atoms with E-state index in [4.69, 9.17) is 8.83 Å². The van der Waals surface area contributed by atoms with E-state index in [1.165, 1.54) is 0 Å². The molecule has 8 heteroatoms. The molecule has 1 atom stereocenters. The summed E-state index contributed by atoms with van der Waals surface area (Å²) in [4.78, 5) is 25.0. The number of rotatable bonds is 3. The van der Waals surface area contributed by atoms with Crippen LogP contribution >= 0.6 is 0 Å². The maximum Gasteiger partial charge on any atom is 0.340 e. The van der Waals surface area contributed by atoms with Gasteiger partial charge < -0.3 is 14.2 Å². The van der Waals surface area contributed by atoms with Crippen molar-refractivity contribution in [3.05, 3.63) is 45.0 Å². The number of benzene rings is 1. The number of carbonyl (C=O) groups is 1. The van der Waals surface area contributed by atoms with E-state index in [2.05, 4.69) is 5.32 Å². The maximum atomic E-state index is 12.6. The second-order valence-corrected chi connectivity index (χ2v) is 9.74. The first-order chi connectivity index (χ1) is 13.2. The van der Waals surface area contributed by atoms with Crippen molar-refractivity contribution in [3.63, 3.8) is 0 Å². The van der Waals surface area contributed by atoms with Crippen molar-refractivity contribution in [3.8, 4) is 0 Å². The lowest BCUT2D eigenvalue weighted by molar-refractivity contribution is -0.121. The first-order valence-corrected chi connectivity index (χ1v) is 10.9. The molecule has 0 spiro atoms. The zero-order chi connectivity index (χ0) is 20.2. The lowest BCUT2D eigenvalue weighted by Gasteiger charge is -2.13. The Morgan fingerprint density at radius 3 is 2.61 bits per heavy atom. The number of hydrogen-bond acceptors (Lipinski definition) is 6. The number of amides is 1. The van der Waals surface area contributed by atoms with E-state index in [9.17, 15) is 18.0 Å². The van der Waals surface area contributed by atoms with E-state index in [1.54, 1.807) is 13.2 Å². The Morgan fingerprint density at radius 1 is 1.18 bits per heavy atom. The second kappa shape index (κ2) is 6.48. The first kappa shape index (κ1) is 18.7. The highest BCUT2D eigenvalue weighted by Crippen LogP contribution is 2.32. The summed E-state index contributed by atoms with van der Waals surface area (Å²) in [6, 6.07) is 1.51. The fourth-order valence-electron chi connectivity index (χ4n) is 3.87. The van der Waals surface area contributed by atoms with Gasteiger partial charge in [-0.15, -0.1) is 0 Å². The fourth-order valence-corrected chi connectivity index (χ4v) is 5.54. The molecule has 1 saturated heterocycles. The highest BCUT2D eigenvalue weighted by Gasteiger charge is 2.29. The lowest BCUT2D eigenvalue weighted by atomic mass is 9.99. The summed E-state index contributed by atoms with van der Waals surface area (Å²) in [7, 11) is -3.09. The molecule has 1 N–H and O–H groups in total. The van der Waals surface area contributed by atoms with Crippen molar-refractivity contribution in [1.29, 1.82) is 0 Å². The van der Waals surface area contributed by atoms with E-state index in [-0.39, 0.29) is 29.4 Å². The van der Waals surface area contributed by atoms with Crippen molar-refractivity contribution in [1.82, 2.24) is 5.32 Å². The number of carbonyl (C=O) groups excluding carboxylic acids is 1. The molecule has 1 aromatic carbocycles. The maximum absolute atomic E-state index is 12.6. The minimum atomic E-state index is -3.09. The first-order valence-electron chi connectivity index (χ1n) is 9.10. The van der Waals surface area contributed by atoms with Crippen LogP contribution in [-0.2, 0) is 21.1 Å². The molecule has 7 nitrogen and oxygen atoms in total. The molecule has 3 heterocycles. The molecule has 0 radical (unpaired) electrons. The molecule has 0 aliphatic carbocycles. The Bertz CT molecular complexity index is 1280. The number of hydrogen-bond donors (Lipinski definition) is 1. The summed E-state index contributed by atoms with van der Waals surface area (Å²) in [6.07, 6.45) is 1.91. The third-order valence-electron chi connectivity index (χ3n) is 5.47. The van der Waals surface area contributed by atoms with Gasteiger partial charge in [-0.05, 0) is 44.4 Å². The summed E-state index contributed by atoms with van der Waals surface area (Å²) >= 11 is 0. The smallest absolute Gasteiger partial charge is 0.340 e. The molecule has 0 bridgehead atoms. The van der Waals surface area contributed by atoms with Crippen LogP contribution in [0, 0.1) is 20.8 Å². The van der Waals surface area contributed by atoms with Crippen molar-refractivity contribution < 1.29 is 22.0 Å². The largest absolute Gasteiger partial charge is 0.464 e.